The van der Waals surface area contributed by atoms with Crippen molar-refractivity contribution in [2.24, 2.45) is 12.8 Å². The second-order valence-electron chi connectivity index (χ2n) is 4.15. The molecule has 3 N–H and O–H groups in total. The number of sulfonamides is 1. The van der Waals surface area contributed by atoms with Crippen LogP contribution in [0.2, 0.25) is 0 Å². The van der Waals surface area contributed by atoms with Gasteiger partial charge in [-0.25, -0.2) is 4.98 Å². The number of aromatic nitrogens is 2. The number of nitrogens with one attached hydrogen (secondary N) is 1. The Morgan fingerprint density at radius 2 is 2.25 bits per heavy atom. The largest absolute Gasteiger partial charge is 0.492 e. The van der Waals surface area contributed by atoms with Gasteiger partial charge in [0, 0.05) is 25.9 Å². The molecule has 0 saturated heterocycles. The molecule has 0 atom stereocenters. The van der Waals surface area contributed by atoms with Crippen LogP contribution >= 0.6 is 0 Å². The molecule has 0 aliphatic carbocycles. The van der Waals surface area contributed by atoms with Crippen molar-refractivity contribution in [3.8, 4) is 5.75 Å². The van der Waals surface area contributed by atoms with Gasteiger partial charge in [-0.05, 0) is 12.1 Å². The average molecular weight is 296 g/mol. The summed E-state index contributed by atoms with van der Waals surface area (Å²) in [6, 6.07) is 6.66. The van der Waals surface area contributed by atoms with E-state index in [1.807, 2.05) is 0 Å². The lowest BCUT2D eigenvalue weighted by Gasteiger charge is -2.08. The van der Waals surface area contributed by atoms with E-state index in [1.165, 1.54) is 12.5 Å². The molecule has 0 saturated carbocycles. The van der Waals surface area contributed by atoms with E-state index in [0.717, 1.165) is 0 Å². The summed E-state index contributed by atoms with van der Waals surface area (Å²) in [4.78, 5) is 3.82. The SMILES string of the molecule is Cn1cnc(S(=O)(=O)Nc2cccc(OCCN)c2)c1. The predicted molar refractivity (Wildman–Crippen MR) is 75.0 cm³/mol. The van der Waals surface area contributed by atoms with Crippen LogP contribution in [0.25, 0.3) is 0 Å². The highest BCUT2D eigenvalue weighted by molar-refractivity contribution is 7.92. The van der Waals surface area contributed by atoms with Gasteiger partial charge < -0.3 is 15.0 Å². The first-order valence-corrected chi connectivity index (χ1v) is 7.43. The molecule has 0 bridgehead atoms. The summed E-state index contributed by atoms with van der Waals surface area (Å²) in [6.45, 7) is 0.764. The fraction of sp³-hybridized carbons (Fsp3) is 0.250. The molecule has 0 radical (unpaired) electrons. The topological polar surface area (TPSA) is 99.2 Å². The monoisotopic (exact) mass is 296 g/mol. The van der Waals surface area contributed by atoms with E-state index in [4.69, 9.17) is 10.5 Å². The van der Waals surface area contributed by atoms with E-state index in [-0.39, 0.29) is 5.03 Å². The number of hydrogen-bond donors (Lipinski definition) is 2. The van der Waals surface area contributed by atoms with Crippen molar-refractivity contribution in [2.45, 2.75) is 5.03 Å². The lowest BCUT2D eigenvalue weighted by Crippen LogP contribution is -2.14. The fourth-order valence-corrected chi connectivity index (χ4v) is 2.59. The quantitative estimate of drug-likeness (QED) is 0.811. The number of imidazole rings is 1. The zero-order valence-corrected chi connectivity index (χ0v) is 11.8. The van der Waals surface area contributed by atoms with E-state index in [1.54, 1.807) is 35.9 Å². The molecule has 1 heterocycles. The summed E-state index contributed by atoms with van der Waals surface area (Å²) in [5, 5.41) is -0.0340. The molecule has 20 heavy (non-hydrogen) atoms. The van der Waals surface area contributed by atoms with Gasteiger partial charge >= 0.3 is 0 Å². The van der Waals surface area contributed by atoms with Gasteiger partial charge in [-0.15, -0.1) is 0 Å². The van der Waals surface area contributed by atoms with Gasteiger partial charge in [0.1, 0.15) is 12.4 Å². The number of anilines is 1. The molecule has 8 heteroatoms. The smallest absolute Gasteiger partial charge is 0.280 e. The summed E-state index contributed by atoms with van der Waals surface area (Å²) in [7, 11) is -1.99. The number of benzene rings is 1. The van der Waals surface area contributed by atoms with Crippen LogP contribution in [0.15, 0.2) is 41.8 Å². The molecule has 0 unspecified atom stereocenters. The number of aryl methyl sites for hydroxylation is 1. The van der Waals surface area contributed by atoms with Crippen molar-refractivity contribution in [1.29, 1.82) is 0 Å². The van der Waals surface area contributed by atoms with Crippen molar-refractivity contribution in [3.05, 3.63) is 36.8 Å². The van der Waals surface area contributed by atoms with E-state index in [0.29, 0.717) is 24.6 Å². The molecule has 0 aliphatic rings. The second-order valence-corrected chi connectivity index (χ2v) is 5.78. The van der Waals surface area contributed by atoms with Crippen molar-refractivity contribution < 1.29 is 13.2 Å². The van der Waals surface area contributed by atoms with E-state index >= 15 is 0 Å². The Morgan fingerprint density at radius 1 is 1.45 bits per heavy atom. The highest BCUT2D eigenvalue weighted by atomic mass is 32.2. The third-order valence-electron chi connectivity index (χ3n) is 2.43. The molecule has 0 spiro atoms. The highest BCUT2D eigenvalue weighted by Gasteiger charge is 2.17. The Bertz CT molecular complexity index is 682. The van der Waals surface area contributed by atoms with Crippen molar-refractivity contribution in [3.63, 3.8) is 0 Å². The Morgan fingerprint density at radius 3 is 2.90 bits per heavy atom. The maximum Gasteiger partial charge on any atom is 0.280 e. The van der Waals surface area contributed by atoms with E-state index < -0.39 is 10.0 Å². The zero-order chi connectivity index (χ0) is 14.6. The van der Waals surface area contributed by atoms with Crippen LogP contribution in [-0.4, -0.2) is 31.1 Å². The van der Waals surface area contributed by atoms with Crippen LogP contribution in [0, 0.1) is 0 Å². The van der Waals surface area contributed by atoms with Crippen LogP contribution in [0.3, 0.4) is 0 Å². The van der Waals surface area contributed by atoms with E-state index in [2.05, 4.69) is 9.71 Å². The van der Waals surface area contributed by atoms with Gasteiger partial charge in [0.25, 0.3) is 10.0 Å². The van der Waals surface area contributed by atoms with Crippen LogP contribution in [0.5, 0.6) is 5.75 Å². The molecule has 7 nitrogen and oxygen atoms in total. The lowest BCUT2D eigenvalue weighted by atomic mass is 10.3. The number of nitrogens with zero attached hydrogens (tertiary/aromatic N) is 2. The summed E-state index contributed by atoms with van der Waals surface area (Å²) in [6.07, 6.45) is 2.85. The molecule has 0 fully saturated rings. The average Bonchev–Trinajstić information content (AvgIpc) is 2.84. The fourth-order valence-electron chi connectivity index (χ4n) is 1.56. The molecule has 108 valence electrons. The molecular weight excluding hydrogens is 280 g/mol. The minimum atomic E-state index is -3.69. The molecule has 1 aromatic carbocycles. The minimum absolute atomic E-state index is 0.0340. The predicted octanol–water partition coefficient (Wildman–Crippen LogP) is 0.558. The van der Waals surface area contributed by atoms with Gasteiger partial charge in [-0.1, -0.05) is 6.07 Å². The van der Waals surface area contributed by atoms with Crippen LogP contribution in [0.4, 0.5) is 5.69 Å². The third-order valence-corrected chi connectivity index (χ3v) is 3.70. The number of ether oxygens (including phenoxy) is 1. The van der Waals surface area contributed by atoms with Gasteiger partial charge in [0.15, 0.2) is 5.03 Å². The standard InChI is InChI=1S/C12H16N4O3S/c1-16-8-12(14-9-16)20(17,18)15-10-3-2-4-11(7-10)19-6-5-13/h2-4,7-9,15H,5-6,13H2,1H3. The minimum Gasteiger partial charge on any atom is -0.492 e. The van der Waals surface area contributed by atoms with Crippen molar-refractivity contribution in [1.82, 2.24) is 9.55 Å². The van der Waals surface area contributed by atoms with Crippen molar-refractivity contribution in [2.75, 3.05) is 17.9 Å². The Hall–Kier alpha value is -2.06. The second kappa shape index (κ2) is 5.93. The van der Waals surface area contributed by atoms with Crippen LogP contribution < -0.4 is 15.2 Å². The zero-order valence-electron chi connectivity index (χ0n) is 11.0. The molecule has 1 aromatic heterocycles. The Balaban J connectivity index is 2.17. The van der Waals surface area contributed by atoms with Gasteiger partial charge in [-0.3, -0.25) is 4.72 Å². The summed E-state index contributed by atoms with van der Waals surface area (Å²) in [5.74, 6) is 0.552. The molecular formula is C12H16N4O3S. The Kier molecular flexibility index (Phi) is 4.26. The Labute approximate surface area is 117 Å². The third kappa shape index (κ3) is 3.49. The first kappa shape index (κ1) is 14.4. The highest BCUT2D eigenvalue weighted by Crippen LogP contribution is 2.20. The van der Waals surface area contributed by atoms with Crippen molar-refractivity contribution >= 4 is 15.7 Å². The molecule has 0 amide bonds. The maximum absolute atomic E-state index is 12.1. The molecule has 0 aliphatic heterocycles. The summed E-state index contributed by atoms with van der Waals surface area (Å²) < 4.78 is 33.5. The summed E-state index contributed by atoms with van der Waals surface area (Å²) >= 11 is 0. The van der Waals surface area contributed by atoms with Gasteiger partial charge in [0.2, 0.25) is 0 Å². The van der Waals surface area contributed by atoms with Crippen LogP contribution in [0.1, 0.15) is 0 Å². The van der Waals surface area contributed by atoms with Crippen LogP contribution in [-0.2, 0) is 17.1 Å². The molecule has 2 rings (SSSR count). The lowest BCUT2D eigenvalue weighted by molar-refractivity contribution is 0.328. The first-order chi connectivity index (χ1) is 9.51. The van der Waals surface area contributed by atoms with Gasteiger partial charge in [-0.2, -0.15) is 8.42 Å². The van der Waals surface area contributed by atoms with Gasteiger partial charge in [0.05, 0.1) is 12.0 Å². The van der Waals surface area contributed by atoms with E-state index in [9.17, 15) is 8.42 Å². The normalized spacial score (nSPS) is 11.3. The number of nitrogens with two attached hydrogens (primary N) is 1. The maximum atomic E-state index is 12.1. The molecule has 2 aromatic rings. The summed E-state index contributed by atoms with van der Waals surface area (Å²) in [5.41, 5.74) is 5.75. The number of rotatable bonds is 6. The number of hydrogen-bond acceptors (Lipinski definition) is 5. The first-order valence-electron chi connectivity index (χ1n) is 5.95.